The average Bonchev–Trinajstić information content (AvgIpc) is 2.84. The van der Waals surface area contributed by atoms with Crippen LogP contribution in [0.15, 0.2) is 73.1 Å². The molecule has 0 atom stereocenters. The van der Waals surface area contributed by atoms with Gasteiger partial charge in [0, 0.05) is 30.3 Å². The fourth-order valence-electron chi connectivity index (χ4n) is 3.50. The summed E-state index contributed by atoms with van der Waals surface area (Å²) >= 11 is 0. The number of rotatable bonds is 9. The molecule has 2 N–H and O–H groups in total. The normalized spacial score (nSPS) is 10.6. The molecule has 0 fully saturated rings. The van der Waals surface area contributed by atoms with Crippen LogP contribution in [-0.4, -0.2) is 36.6 Å². The number of hydrogen-bond donors (Lipinski definition) is 1. The molecular formula is C25H24N4O4. The van der Waals surface area contributed by atoms with Crippen molar-refractivity contribution in [3.63, 3.8) is 0 Å². The number of methoxy groups -OCH3 is 2. The summed E-state index contributed by atoms with van der Waals surface area (Å²) in [4.78, 5) is 22.3. The first-order chi connectivity index (χ1) is 16.1. The Morgan fingerprint density at radius 3 is 2.36 bits per heavy atom. The average molecular weight is 444 g/mol. The van der Waals surface area contributed by atoms with Gasteiger partial charge < -0.3 is 24.8 Å². The molecule has 0 spiro atoms. The molecule has 0 aliphatic rings. The number of anilines is 1. The largest absolute Gasteiger partial charge is 0.493 e. The molecule has 0 saturated carbocycles. The van der Waals surface area contributed by atoms with Gasteiger partial charge in [-0.15, -0.1) is 0 Å². The van der Waals surface area contributed by atoms with Gasteiger partial charge >= 0.3 is 0 Å². The highest BCUT2D eigenvalue weighted by Gasteiger charge is 2.14. The van der Waals surface area contributed by atoms with Crippen molar-refractivity contribution in [2.45, 2.75) is 6.54 Å². The second-order valence-corrected chi connectivity index (χ2v) is 7.30. The van der Waals surface area contributed by atoms with E-state index in [1.54, 1.807) is 44.8 Å². The van der Waals surface area contributed by atoms with Crippen molar-refractivity contribution < 1.29 is 19.0 Å². The number of fused-ring (bicyclic) bond motifs is 1. The fraction of sp³-hybridized carbons (Fsp3) is 0.160. The zero-order valence-electron chi connectivity index (χ0n) is 18.4. The van der Waals surface area contributed by atoms with E-state index in [4.69, 9.17) is 19.9 Å². The van der Waals surface area contributed by atoms with E-state index in [0.29, 0.717) is 35.2 Å². The van der Waals surface area contributed by atoms with E-state index in [9.17, 15) is 4.79 Å². The minimum atomic E-state index is -0.418. The van der Waals surface area contributed by atoms with E-state index in [-0.39, 0.29) is 6.54 Å². The number of aromatic nitrogens is 2. The predicted octanol–water partition coefficient (Wildman–Crippen LogP) is 3.93. The SMILES string of the molecule is COc1cc2nccc(Oc3ccc(N(CC(N)=O)Cc4ccccc4)cn3)c2cc1OC. The van der Waals surface area contributed by atoms with E-state index >= 15 is 0 Å². The Balaban J connectivity index is 1.59. The molecule has 0 bridgehead atoms. The molecule has 0 aliphatic heterocycles. The third kappa shape index (κ3) is 5.12. The number of benzene rings is 2. The molecule has 2 aromatic heterocycles. The molecule has 0 aliphatic carbocycles. The van der Waals surface area contributed by atoms with Crippen molar-refractivity contribution in [1.29, 1.82) is 0 Å². The van der Waals surface area contributed by atoms with Crippen molar-refractivity contribution in [3.05, 3.63) is 78.6 Å². The molecule has 0 saturated heterocycles. The van der Waals surface area contributed by atoms with Gasteiger partial charge in [0.2, 0.25) is 11.8 Å². The Kier molecular flexibility index (Phi) is 6.54. The predicted molar refractivity (Wildman–Crippen MR) is 126 cm³/mol. The molecular weight excluding hydrogens is 420 g/mol. The van der Waals surface area contributed by atoms with E-state index in [0.717, 1.165) is 16.6 Å². The van der Waals surface area contributed by atoms with Crippen molar-refractivity contribution in [3.8, 4) is 23.1 Å². The third-order valence-corrected chi connectivity index (χ3v) is 5.07. The lowest BCUT2D eigenvalue weighted by atomic mass is 10.2. The summed E-state index contributed by atoms with van der Waals surface area (Å²) < 4.78 is 16.8. The van der Waals surface area contributed by atoms with E-state index in [1.165, 1.54) is 0 Å². The van der Waals surface area contributed by atoms with Gasteiger partial charge in [0.15, 0.2) is 11.5 Å². The molecule has 1 amide bonds. The fourth-order valence-corrected chi connectivity index (χ4v) is 3.50. The Morgan fingerprint density at radius 1 is 0.939 bits per heavy atom. The highest BCUT2D eigenvalue weighted by Crippen LogP contribution is 2.36. The number of hydrogen-bond acceptors (Lipinski definition) is 7. The topological polar surface area (TPSA) is 99.8 Å². The maximum absolute atomic E-state index is 11.6. The highest BCUT2D eigenvalue weighted by molar-refractivity contribution is 5.88. The van der Waals surface area contributed by atoms with Crippen LogP contribution in [0.4, 0.5) is 5.69 Å². The van der Waals surface area contributed by atoms with Crippen molar-refractivity contribution in [1.82, 2.24) is 9.97 Å². The second-order valence-electron chi connectivity index (χ2n) is 7.30. The first-order valence-corrected chi connectivity index (χ1v) is 10.3. The van der Waals surface area contributed by atoms with Gasteiger partial charge in [-0.1, -0.05) is 30.3 Å². The van der Waals surface area contributed by atoms with Crippen LogP contribution in [-0.2, 0) is 11.3 Å². The summed E-state index contributed by atoms with van der Waals surface area (Å²) in [7, 11) is 3.16. The summed E-state index contributed by atoms with van der Waals surface area (Å²) in [6, 6.07) is 18.8. The number of nitrogens with zero attached hydrogens (tertiary/aromatic N) is 3. The van der Waals surface area contributed by atoms with Gasteiger partial charge in [0.05, 0.1) is 38.2 Å². The second kappa shape index (κ2) is 9.86. The summed E-state index contributed by atoms with van der Waals surface area (Å²) in [6.45, 7) is 0.607. The van der Waals surface area contributed by atoms with Crippen LogP contribution in [0.3, 0.4) is 0 Å². The number of ether oxygens (including phenoxy) is 3. The first-order valence-electron chi connectivity index (χ1n) is 10.3. The molecule has 0 radical (unpaired) electrons. The van der Waals surface area contributed by atoms with E-state index in [1.807, 2.05) is 47.4 Å². The summed E-state index contributed by atoms with van der Waals surface area (Å²) in [6.07, 6.45) is 3.32. The number of carbonyl (C=O) groups excluding carboxylic acids is 1. The molecule has 8 heteroatoms. The maximum atomic E-state index is 11.6. The zero-order chi connectivity index (χ0) is 23.2. The third-order valence-electron chi connectivity index (χ3n) is 5.07. The van der Waals surface area contributed by atoms with Crippen LogP contribution >= 0.6 is 0 Å². The molecule has 2 heterocycles. The van der Waals surface area contributed by atoms with Gasteiger partial charge in [-0.2, -0.15) is 0 Å². The Labute approximate surface area is 191 Å². The van der Waals surface area contributed by atoms with Crippen LogP contribution in [0, 0.1) is 0 Å². The smallest absolute Gasteiger partial charge is 0.236 e. The van der Waals surface area contributed by atoms with Crippen molar-refractivity contribution in [2.75, 3.05) is 25.7 Å². The number of carbonyl (C=O) groups is 1. The highest BCUT2D eigenvalue weighted by atomic mass is 16.5. The number of amides is 1. The van der Waals surface area contributed by atoms with Crippen molar-refractivity contribution in [2.24, 2.45) is 5.73 Å². The van der Waals surface area contributed by atoms with Crippen molar-refractivity contribution >= 4 is 22.5 Å². The molecule has 8 nitrogen and oxygen atoms in total. The zero-order valence-corrected chi connectivity index (χ0v) is 18.4. The maximum Gasteiger partial charge on any atom is 0.236 e. The van der Waals surface area contributed by atoms with E-state index < -0.39 is 5.91 Å². The molecule has 4 rings (SSSR count). The van der Waals surface area contributed by atoms with Crippen LogP contribution in [0.1, 0.15) is 5.56 Å². The van der Waals surface area contributed by atoms with Gasteiger partial charge in [0.25, 0.3) is 0 Å². The molecule has 4 aromatic rings. The van der Waals surface area contributed by atoms with Crippen LogP contribution in [0.5, 0.6) is 23.1 Å². The first kappa shape index (κ1) is 21.9. The lowest BCUT2D eigenvalue weighted by Gasteiger charge is -2.23. The summed E-state index contributed by atoms with van der Waals surface area (Å²) in [5.41, 5.74) is 7.99. The number of primary amides is 1. The lowest BCUT2D eigenvalue weighted by molar-refractivity contribution is -0.116. The molecule has 168 valence electrons. The summed E-state index contributed by atoms with van der Waals surface area (Å²) in [5.74, 6) is 1.73. The van der Waals surface area contributed by atoms with Gasteiger partial charge in [0.1, 0.15) is 5.75 Å². The Bertz CT molecular complexity index is 1250. The Morgan fingerprint density at radius 2 is 1.70 bits per heavy atom. The monoisotopic (exact) mass is 444 g/mol. The minimum Gasteiger partial charge on any atom is -0.493 e. The van der Waals surface area contributed by atoms with E-state index in [2.05, 4.69) is 9.97 Å². The number of pyridine rings is 2. The van der Waals surface area contributed by atoms with Gasteiger partial charge in [-0.05, 0) is 23.8 Å². The molecule has 0 unspecified atom stereocenters. The quantitative estimate of drug-likeness (QED) is 0.417. The minimum absolute atomic E-state index is 0.0768. The van der Waals surface area contributed by atoms with Gasteiger partial charge in [-0.3, -0.25) is 9.78 Å². The van der Waals surface area contributed by atoms with Crippen LogP contribution < -0.4 is 24.8 Å². The lowest BCUT2D eigenvalue weighted by Crippen LogP contribution is -2.33. The van der Waals surface area contributed by atoms with Gasteiger partial charge in [-0.25, -0.2) is 4.98 Å². The van der Waals surface area contributed by atoms with Crippen LogP contribution in [0.2, 0.25) is 0 Å². The van der Waals surface area contributed by atoms with Crippen LogP contribution in [0.25, 0.3) is 10.9 Å². The summed E-state index contributed by atoms with van der Waals surface area (Å²) in [5, 5.41) is 0.764. The standard InChI is InChI=1S/C25H24N4O4/c1-31-22-12-19-20(13-23(22)32-2)27-11-10-21(19)33-25-9-8-18(14-28-25)29(16-24(26)30)15-17-6-4-3-5-7-17/h3-14H,15-16H2,1-2H3,(H2,26,30). The molecule has 33 heavy (non-hydrogen) atoms. The Hall–Kier alpha value is -4.33. The molecule has 2 aromatic carbocycles. The number of nitrogens with two attached hydrogens (primary N) is 1.